The van der Waals surface area contributed by atoms with Gasteiger partial charge in [-0.2, -0.15) is 0 Å². The zero-order valence-electron chi connectivity index (χ0n) is 16.6. The van der Waals surface area contributed by atoms with Crippen molar-refractivity contribution >= 4 is 5.96 Å². The van der Waals surface area contributed by atoms with Crippen LogP contribution in [0.2, 0.25) is 0 Å². The van der Waals surface area contributed by atoms with Gasteiger partial charge in [-0.15, -0.1) is 0 Å². The molecule has 2 rings (SSSR count). The van der Waals surface area contributed by atoms with E-state index in [-0.39, 0.29) is 0 Å². The van der Waals surface area contributed by atoms with Gasteiger partial charge in [0.05, 0.1) is 7.11 Å². The number of hydrogen-bond donors (Lipinski definition) is 2. The number of rotatable bonds is 9. The van der Waals surface area contributed by atoms with Crippen LogP contribution in [0.1, 0.15) is 25.3 Å². The number of guanidine groups is 1. The van der Waals surface area contributed by atoms with Crippen molar-refractivity contribution in [3.8, 4) is 5.75 Å². The summed E-state index contributed by atoms with van der Waals surface area (Å²) in [4.78, 5) is 9.41. The summed E-state index contributed by atoms with van der Waals surface area (Å²) in [7, 11) is 3.50. The fourth-order valence-electron chi connectivity index (χ4n) is 3.19. The van der Waals surface area contributed by atoms with E-state index in [1.165, 1.54) is 51.3 Å². The van der Waals surface area contributed by atoms with Crippen LogP contribution in [0.3, 0.4) is 0 Å². The summed E-state index contributed by atoms with van der Waals surface area (Å²) in [5.74, 6) is 1.73. The van der Waals surface area contributed by atoms with E-state index in [9.17, 15) is 0 Å². The predicted molar refractivity (Wildman–Crippen MR) is 109 cm³/mol. The van der Waals surface area contributed by atoms with Gasteiger partial charge < -0.3 is 25.2 Å². The first-order chi connectivity index (χ1) is 12.7. The minimum Gasteiger partial charge on any atom is -0.497 e. The number of likely N-dealkylation sites (N-methyl/N-ethyl adjacent to an activating group) is 1. The number of piperazine rings is 1. The summed E-state index contributed by atoms with van der Waals surface area (Å²) in [6.07, 6.45) is 2.39. The van der Waals surface area contributed by atoms with Crippen molar-refractivity contribution in [2.75, 3.05) is 60.0 Å². The fourth-order valence-corrected chi connectivity index (χ4v) is 3.19. The number of benzene rings is 1. The van der Waals surface area contributed by atoms with Crippen LogP contribution >= 0.6 is 0 Å². The zero-order valence-corrected chi connectivity index (χ0v) is 16.6. The highest BCUT2D eigenvalue weighted by molar-refractivity contribution is 5.79. The van der Waals surface area contributed by atoms with E-state index in [4.69, 9.17) is 4.74 Å². The Balaban J connectivity index is 1.57. The summed E-state index contributed by atoms with van der Waals surface area (Å²) in [6.45, 7) is 11.2. The Morgan fingerprint density at radius 2 is 1.88 bits per heavy atom. The van der Waals surface area contributed by atoms with E-state index in [0.29, 0.717) is 0 Å². The van der Waals surface area contributed by atoms with Gasteiger partial charge in [0.15, 0.2) is 5.96 Å². The maximum Gasteiger partial charge on any atom is 0.191 e. The third-order valence-electron chi connectivity index (χ3n) is 4.92. The first-order valence-corrected chi connectivity index (χ1v) is 9.77. The molecule has 0 aromatic heterocycles. The number of nitrogens with zero attached hydrogens (tertiary/aromatic N) is 3. The lowest BCUT2D eigenvalue weighted by Gasteiger charge is -2.34. The second-order valence-electron chi connectivity index (χ2n) is 6.69. The lowest BCUT2D eigenvalue weighted by Crippen LogP contribution is -2.46. The monoisotopic (exact) mass is 361 g/mol. The predicted octanol–water partition coefficient (Wildman–Crippen LogP) is 1.78. The molecule has 0 spiro atoms. The molecular weight excluding hydrogens is 326 g/mol. The summed E-state index contributed by atoms with van der Waals surface area (Å²) < 4.78 is 5.26. The topological polar surface area (TPSA) is 52.1 Å². The Labute approximate surface area is 158 Å². The molecule has 0 bridgehead atoms. The molecule has 1 aliphatic heterocycles. The van der Waals surface area contributed by atoms with Gasteiger partial charge in [-0.25, -0.2) is 0 Å². The molecular formula is C20H35N5O. The van der Waals surface area contributed by atoms with Crippen molar-refractivity contribution in [2.45, 2.75) is 26.3 Å². The highest BCUT2D eigenvalue weighted by Crippen LogP contribution is 2.12. The summed E-state index contributed by atoms with van der Waals surface area (Å²) in [6, 6.07) is 8.09. The number of ether oxygens (including phenoxy) is 1. The summed E-state index contributed by atoms with van der Waals surface area (Å²) >= 11 is 0. The van der Waals surface area contributed by atoms with Crippen molar-refractivity contribution in [1.29, 1.82) is 0 Å². The average molecular weight is 362 g/mol. The smallest absolute Gasteiger partial charge is 0.191 e. The van der Waals surface area contributed by atoms with Crippen LogP contribution in [0.5, 0.6) is 5.75 Å². The molecule has 1 aromatic carbocycles. The second kappa shape index (κ2) is 11.8. The quantitative estimate of drug-likeness (QED) is 0.399. The molecule has 1 fully saturated rings. The minimum atomic E-state index is 0.735. The molecule has 0 atom stereocenters. The van der Waals surface area contributed by atoms with E-state index < -0.39 is 0 Å². The molecule has 1 aromatic rings. The highest BCUT2D eigenvalue weighted by atomic mass is 16.5. The first kappa shape index (κ1) is 20.5. The number of aliphatic imine (C=N–C) groups is 1. The second-order valence-corrected chi connectivity index (χ2v) is 6.69. The van der Waals surface area contributed by atoms with Crippen LogP contribution in [0.25, 0.3) is 0 Å². The van der Waals surface area contributed by atoms with Gasteiger partial charge in [0.25, 0.3) is 0 Å². The van der Waals surface area contributed by atoms with Crippen LogP contribution in [0.15, 0.2) is 29.3 Å². The van der Waals surface area contributed by atoms with Gasteiger partial charge in [0, 0.05) is 46.3 Å². The van der Waals surface area contributed by atoms with Gasteiger partial charge in [-0.05, 0) is 43.6 Å². The Morgan fingerprint density at radius 3 is 2.58 bits per heavy atom. The first-order valence-electron chi connectivity index (χ1n) is 9.77. The number of methoxy groups -OCH3 is 1. The van der Waals surface area contributed by atoms with Crippen molar-refractivity contribution in [3.05, 3.63) is 29.8 Å². The van der Waals surface area contributed by atoms with E-state index >= 15 is 0 Å². The normalized spacial score (nSPS) is 16.5. The zero-order chi connectivity index (χ0) is 18.6. The summed E-state index contributed by atoms with van der Waals surface area (Å²) in [5.41, 5.74) is 1.18. The van der Waals surface area contributed by atoms with Crippen LogP contribution in [0, 0.1) is 0 Å². The number of hydrogen-bond acceptors (Lipinski definition) is 4. The molecule has 0 aliphatic carbocycles. The number of unbranched alkanes of at least 4 members (excludes halogenated alkanes) is 1. The van der Waals surface area contributed by atoms with Gasteiger partial charge in [-0.1, -0.05) is 19.1 Å². The molecule has 0 amide bonds. The molecule has 0 radical (unpaired) electrons. The van der Waals surface area contributed by atoms with E-state index in [1.807, 2.05) is 25.2 Å². The Hall–Kier alpha value is -1.79. The highest BCUT2D eigenvalue weighted by Gasteiger charge is 2.14. The summed E-state index contributed by atoms with van der Waals surface area (Å²) in [5, 5.41) is 6.76. The molecule has 1 saturated heterocycles. The molecule has 1 aliphatic rings. The Bertz CT molecular complexity index is 541. The molecule has 1 heterocycles. The van der Waals surface area contributed by atoms with Gasteiger partial charge in [0.2, 0.25) is 0 Å². The maximum absolute atomic E-state index is 5.26. The van der Waals surface area contributed by atoms with Gasteiger partial charge in [0.1, 0.15) is 5.75 Å². The molecule has 6 nitrogen and oxygen atoms in total. The third kappa shape index (κ3) is 7.22. The van der Waals surface area contributed by atoms with E-state index in [1.54, 1.807) is 7.11 Å². The van der Waals surface area contributed by atoms with Crippen LogP contribution < -0.4 is 15.4 Å². The third-order valence-corrected chi connectivity index (χ3v) is 4.92. The lowest BCUT2D eigenvalue weighted by atomic mass is 10.2. The largest absolute Gasteiger partial charge is 0.497 e. The van der Waals surface area contributed by atoms with Gasteiger partial charge >= 0.3 is 0 Å². The van der Waals surface area contributed by atoms with Crippen LogP contribution in [-0.2, 0) is 6.54 Å². The molecule has 0 unspecified atom stereocenters. The lowest BCUT2D eigenvalue weighted by molar-refractivity contribution is 0.136. The molecule has 0 saturated carbocycles. The molecule has 26 heavy (non-hydrogen) atoms. The van der Waals surface area contributed by atoms with Crippen molar-refractivity contribution in [3.63, 3.8) is 0 Å². The van der Waals surface area contributed by atoms with Crippen LogP contribution in [-0.4, -0.2) is 75.7 Å². The SMILES string of the molecule is CCN1CCN(CCCCNC(=NC)NCc2cccc(OC)c2)CC1. The molecule has 146 valence electrons. The van der Waals surface area contributed by atoms with Crippen molar-refractivity contribution < 1.29 is 4.74 Å². The standard InChI is InChI=1S/C20H35N5O/c1-4-24-12-14-25(15-13-24)11-6-5-10-22-20(21-2)23-17-18-8-7-9-19(16-18)26-3/h7-9,16H,4-6,10-15,17H2,1-3H3,(H2,21,22,23). The minimum absolute atomic E-state index is 0.735. The van der Waals surface area contributed by atoms with Gasteiger partial charge in [-0.3, -0.25) is 4.99 Å². The van der Waals surface area contributed by atoms with Crippen molar-refractivity contribution in [1.82, 2.24) is 20.4 Å². The Morgan fingerprint density at radius 1 is 1.12 bits per heavy atom. The molecule has 2 N–H and O–H groups in total. The molecule has 6 heteroatoms. The van der Waals surface area contributed by atoms with Crippen LogP contribution in [0.4, 0.5) is 0 Å². The maximum atomic E-state index is 5.26. The number of nitrogens with one attached hydrogen (secondary N) is 2. The fraction of sp³-hybridized carbons (Fsp3) is 0.650. The van der Waals surface area contributed by atoms with E-state index in [2.05, 4.69) is 38.4 Å². The average Bonchev–Trinajstić information content (AvgIpc) is 2.70. The Kier molecular flexibility index (Phi) is 9.28. The van der Waals surface area contributed by atoms with Crippen molar-refractivity contribution in [2.24, 2.45) is 4.99 Å². The van der Waals surface area contributed by atoms with E-state index in [0.717, 1.165) is 31.2 Å².